The van der Waals surface area contributed by atoms with Gasteiger partial charge in [0.15, 0.2) is 0 Å². The monoisotopic (exact) mass is 464 g/mol. The Morgan fingerprint density at radius 3 is 2.21 bits per heavy atom. The zero-order chi connectivity index (χ0) is 24.0. The summed E-state index contributed by atoms with van der Waals surface area (Å²) in [7, 11) is 0.646. The Morgan fingerprint density at radius 2 is 1.61 bits per heavy atom. The summed E-state index contributed by atoms with van der Waals surface area (Å²) in [5.41, 5.74) is 3.81. The molecule has 172 valence electrons. The average Bonchev–Trinajstić information content (AvgIpc) is 2.83. The van der Waals surface area contributed by atoms with Gasteiger partial charge in [-0.05, 0) is 47.4 Å². The van der Waals surface area contributed by atoms with Crippen molar-refractivity contribution in [2.45, 2.75) is 17.9 Å². The van der Waals surface area contributed by atoms with Gasteiger partial charge in [-0.25, -0.2) is 12.7 Å². The van der Waals surface area contributed by atoms with Crippen LogP contribution in [0.4, 0.5) is 0 Å². The van der Waals surface area contributed by atoms with Crippen molar-refractivity contribution in [2.24, 2.45) is 0 Å². The van der Waals surface area contributed by atoms with Gasteiger partial charge >= 0.3 is 0 Å². The average molecular weight is 465 g/mol. The summed E-state index contributed by atoms with van der Waals surface area (Å²) in [5.74, 6) is -0.0275. The highest BCUT2D eigenvalue weighted by Crippen LogP contribution is 2.27. The summed E-state index contributed by atoms with van der Waals surface area (Å²) in [5, 5.41) is 2.93. The molecule has 1 N–H and O–H groups in total. The number of hydrogen-bond acceptors (Lipinski definition) is 4. The molecule has 0 spiro atoms. The van der Waals surface area contributed by atoms with E-state index in [4.69, 9.17) is 4.74 Å². The third-order valence-electron chi connectivity index (χ3n) is 5.25. The molecular formula is C26H28N2O4S. The number of hydrogen-bond donors (Lipinski definition) is 1. The summed E-state index contributed by atoms with van der Waals surface area (Å²) >= 11 is 0. The standard InChI is InChI=1S/C26H28N2O4S/c1-19(21-12-14-23(15-13-21)22-8-6-5-7-9-22)27-26(29)17-11-20-10-16-24(32-4)25(18-20)33(30,31)28(2)3/h5-19H,1-4H3,(H,27,29)/b17-11+. The number of nitrogens with one attached hydrogen (secondary N) is 1. The van der Waals surface area contributed by atoms with Gasteiger partial charge in [-0.2, -0.15) is 0 Å². The fourth-order valence-electron chi connectivity index (χ4n) is 3.31. The van der Waals surface area contributed by atoms with Gasteiger partial charge in [0.1, 0.15) is 10.6 Å². The minimum Gasteiger partial charge on any atom is -0.495 e. The van der Waals surface area contributed by atoms with Crippen LogP contribution < -0.4 is 10.1 Å². The molecule has 0 saturated carbocycles. The first kappa shape index (κ1) is 24.2. The van der Waals surface area contributed by atoms with E-state index in [1.807, 2.05) is 49.4 Å². The van der Waals surface area contributed by atoms with E-state index >= 15 is 0 Å². The van der Waals surface area contributed by atoms with E-state index in [1.54, 1.807) is 18.2 Å². The Labute approximate surface area is 195 Å². The lowest BCUT2D eigenvalue weighted by molar-refractivity contribution is -0.117. The fraction of sp³-hybridized carbons (Fsp3) is 0.192. The lowest BCUT2D eigenvalue weighted by Crippen LogP contribution is -2.24. The maximum atomic E-state index is 12.6. The molecule has 1 amide bonds. The zero-order valence-corrected chi connectivity index (χ0v) is 20.0. The molecule has 0 aliphatic heterocycles. The maximum Gasteiger partial charge on any atom is 0.246 e. The lowest BCUT2D eigenvalue weighted by atomic mass is 10.0. The van der Waals surface area contributed by atoms with Gasteiger partial charge in [-0.3, -0.25) is 4.79 Å². The van der Waals surface area contributed by atoms with Crippen LogP contribution in [0.1, 0.15) is 24.1 Å². The smallest absolute Gasteiger partial charge is 0.246 e. The number of amides is 1. The number of rotatable bonds is 8. The largest absolute Gasteiger partial charge is 0.495 e. The number of methoxy groups -OCH3 is 1. The highest BCUT2D eigenvalue weighted by molar-refractivity contribution is 7.89. The Kier molecular flexibility index (Phi) is 7.68. The number of nitrogens with zero attached hydrogens (tertiary/aromatic N) is 1. The van der Waals surface area contributed by atoms with Gasteiger partial charge < -0.3 is 10.1 Å². The SMILES string of the molecule is COc1ccc(/C=C/C(=O)NC(C)c2ccc(-c3ccccc3)cc2)cc1S(=O)(=O)N(C)C. The van der Waals surface area contributed by atoms with Crippen molar-refractivity contribution >= 4 is 22.0 Å². The molecule has 7 heteroatoms. The van der Waals surface area contributed by atoms with Gasteiger partial charge in [-0.1, -0.05) is 60.7 Å². The van der Waals surface area contributed by atoms with E-state index in [2.05, 4.69) is 17.4 Å². The summed E-state index contributed by atoms with van der Waals surface area (Å²) in [6.45, 7) is 1.92. The third kappa shape index (κ3) is 5.88. The molecule has 0 radical (unpaired) electrons. The summed E-state index contributed by atoms with van der Waals surface area (Å²) in [6, 6.07) is 22.7. The number of benzene rings is 3. The first-order valence-electron chi connectivity index (χ1n) is 10.5. The van der Waals surface area contributed by atoms with Crippen LogP contribution in [0.15, 0.2) is 83.8 Å². The summed E-state index contributed by atoms with van der Waals surface area (Å²) < 4.78 is 31.4. The van der Waals surface area contributed by atoms with Gasteiger partial charge in [0.2, 0.25) is 15.9 Å². The minimum absolute atomic E-state index is 0.0458. The summed E-state index contributed by atoms with van der Waals surface area (Å²) in [4.78, 5) is 12.5. The van der Waals surface area contributed by atoms with Crippen LogP contribution in [0.2, 0.25) is 0 Å². The quantitative estimate of drug-likeness (QED) is 0.498. The van der Waals surface area contributed by atoms with Crippen molar-refractivity contribution in [2.75, 3.05) is 21.2 Å². The summed E-state index contributed by atoms with van der Waals surface area (Å²) in [6.07, 6.45) is 2.97. The van der Waals surface area contributed by atoms with Crippen LogP contribution in [0.3, 0.4) is 0 Å². The Hall–Kier alpha value is -3.42. The Bertz CT molecular complexity index is 1240. The molecule has 0 aliphatic carbocycles. The van der Waals surface area contributed by atoms with Gasteiger partial charge in [0, 0.05) is 20.2 Å². The number of carbonyl (C=O) groups excluding carboxylic acids is 1. The van der Waals surface area contributed by atoms with Gasteiger partial charge in [0.05, 0.1) is 13.2 Å². The van der Waals surface area contributed by atoms with Crippen molar-refractivity contribution in [1.82, 2.24) is 9.62 Å². The first-order valence-corrected chi connectivity index (χ1v) is 11.9. The second-order valence-corrected chi connectivity index (χ2v) is 9.87. The van der Waals surface area contributed by atoms with E-state index < -0.39 is 10.0 Å². The first-order chi connectivity index (χ1) is 15.7. The molecule has 0 aromatic heterocycles. The van der Waals surface area contributed by atoms with Crippen molar-refractivity contribution in [1.29, 1.82) is 0 Å². The topological polar surface area (TPSA) is 75.7 Å². The molecule has 3 aromatic carbocycles. The zero-order valence-electron chi connectivity index (χ0n) is 19.1. The van der Waals surface area contributed by atoms with Crippen LogP contribution in [0.25, 0.3) is 17.2 Å². The Balaban J connectivity index is 1.70. The van der Waals surface area contributed by atoms with E-state index in [-0.39, 0.29) is 22.6 Å². The lowest BCUT2D eigenvalue weighted by Gasteiger charge is -2.15. The molecule has 3 aromatic rings. The van der Waals surface area contributed by atoms with Crippen LogP contribution in [-0.4, -0.2) is 39.8 Å². The number of sulfonamides is 1. The normalized spacial score (nSPS) is 12.6. The third-order valence-corrected chi connectivity index (χ3v) is 7.09. The van der Waals surface area contributed by atoms with Crippen LogP contribution in [-0.2, 0) is 14.8 Å². The van der Waals surface area contributed by atoms with Crippen molar-refractivity contribution in [3.63, 3.8) is 0 Å². The number of ether oxygens (including phenoxy) is 1. The van der Waals surface area contributed by atoms with E-state index in [0.29, 0.717) is 5.56 Å². The number of carbonyl (C=O) groups is 1. The van der Waals surface area contributed by atoms with E-state index in [9.17, 15) is 13.2 Å². The van der Waals surface area contributed by atoms with Gasteiger partial charge in [-0.15, -0.1) is 0 Å². The van der Waals surface area contributed by atoms with Crippen LogP contribution >= 0.6 is 0 Å². The van der Waals surface area contributed by atoms with Crippen molar-refractivity contribution in [3.05, 3.63) is 90.0 Å². The van der Waals surface area contributed by atoms with Crippen LogP contribution in [0, 0.1) is 0 Å². The predicted octanol–water partition coefficient (Wildman–Crippen LogP) is 4.50. The van der Waals surface area contributed by atoms with E-state index in [1.165, 1.54) is 33.3 Å². The molecular weight excluding hydrogens is 436 g/mol. The maximum absolute atomic E-state index is 12.6. The highest BCUT2D eigenvalue weighted by Gasteiger charge is 2.22. The van der Waals surface area contributed by atoms with Crippen molar-refractivity contribution in [3.8, 4) is 16.9 Å². The van der Waals surface area contributed by atoms with Gasteiger partial charge in [0.25, 0.3) is 0 Å². The van der Waals surface area contributed by atoms with Crippen molar-refractivity contribution < 1.29 is 17.9 Å². The second-order valence-electron chi connectivity index (χ2n) is 7.75. The molecule has 1 unspecified atom stereocenters. The molecule has 0 aliphatic rings. The Morgan fingerprint density at radius 1 is 0.970 bits per heavy atom. The van der Waals surface area contributed by atoms with Crippen LogP contribution in [0.5, 0.6) is 5.75 Å². The molecule has 0 fully saturated rings. The molecule has 3 rings (SSSR count). The second kappa shape index (κ2) is 10.5. The fourth-order valence-corrected chi connectivity index (χ4v) is 4.39. The molecule has 0 saturated heterocycles. The molecule has 0 heterocycles. The van der Waals surface area contributed by atoms with E-state index in [0.717, 1.165) is 21.0 Å². The molecule has 6 nitrogen and oxygen atoms in total. The molecule has 0 bridgehead atoms. The highest BCUT2D eigenvalue weighted by atomic mass is 32.2. The molecule has 33 heavy (non-hydrogen) atoms. The molecule has 1 atom stereocenters. The minimum atomic E-state index is -3.69. The predicted molar refractivity (Wildman–Crippen MR) is 131 cm³/mol.